The van der Waals surface area contributed by atoms with Gasteiger partial charge in [-0.25, -0.2) is 4.39 Å². The van der Waals surface area contributed by atoms with Crippen molar-refractivity contribution in [2.24, 2.45) is 0 Å². The van der Waals surface area contributed by atoms with Gasteiger partial charge in [-0.2, -0.15) is 0 Å². The highest BCUT2D eigenvalue weighted by Crippen LogP contribution is 2.26. The summed E-state index contributed by atoms with van der Waals surface area (Å²) in [5, 5.41) is 11.5. The molecule has 0 saturated carbocycles. The van der Waals surface area contributed by atoms with Crippen LogP contribution in [0.1, 0.15) is 6.42 Å². The summed E-state index contributed by atoms with van der Waals surface area (Å²) >= 11 is 5.97. The molecule has 0 aliphatic rings. The SMILES string of the molecule is CNCCCn1cc(-c2ccc(F)cc2Cl)nn1.Cl. The molecule has 0 atom stereocenters. The van der Waals surface area contributed by atoms with Crippen LogP contribution in [0.4, 0.5) is 4.39 Å². The topological polar surface area (TPSA) is 42.7 Å². The predicted molar refractivity (Wildman–Crippen MR) is 76.2 cm³/mol. The third kappa shape index (κ3) is 4.16. The minimum Gasteiger partial charge on any atom is -0.320 e. The van der Waals surface area contributed by atoms with Crippen molar-refractivity contribution in [3.63, 3.8) is 0 Å². The van der Waals surface area contributed by atoms with Gasteiger partial charge < -0.3 is 5.32 Å². The molecule has 0 radical (unpaired) electrons. The average Bonchev–Trinajstić information content (AvgIpc) is 2.78. The maximum absolute atomic E-state index is 12.9. The molecule has 0 aliphatic carbocycles. The summed E-state index contributed by atoms with van der Waals surface area (Å²) in [6.45, 7) is 1.71. The Morgan fingerprint density at radius 3 is 2.89 bits per heavy atom. The Hall–Kier alpha value is -1.17. The molecule has 0 saturated heterocycles. The van der Waals surface area contributed by atoms with E-state index in [1.807, 2.05) is 13.2 Å². The summed E-state index contributed by atoms with van der Waals surface area (Å²) < 4.78 is 14.7. The minimum absolute atomic E-state index is 0. The minimum atomic E-state index is -0.356. The van der Waals surface area contributed by atoms with E-state index in [4.69, 9.17) is 11.6 Å². The number of hydrogen-bond acceptors (Lipinski definition) is 3. The third-order valence-electron chi connectivity index (χ3n) is 2.56. The molecule has 1 aromatic carbocycles. The van der Waals surface area contributed by atoms with Crippen LogP contribution in [0.3, 0.4) is 0 Å². The molecule has 0 spiro atoms. The van der Waals surface area contributed by atoms with Crippen molar-refractivity contribution in [3.8, 4) is 11.3 Å². The Bertz CT molecular complexity index is 530. The third-order valence-corrected chi connectivity index (χ3v) is 2.87. The van der Waals surface area contributed by atoms with E-state index >= 15 is 0 Å². The molecular weight excluding hydrogens is 290 g/mol. The van der Waals surface area contributed by atoms with Crippen molar-refractivity contribution in [1.29, 1.82) is 0 Å². The van der Waals surface area contributed by atoms with E-state index in [1.165, 1.54) is 12.1 Å². The van der Waals surface area contributed by atoms with Crippen LogP contribution >= 0.6 is 24.0 Å². The monoisotopic (exact) mass is 304 g/mol. The summed E-state index contributed by atoms with van der Waals surface area (Å²) in [5.41, 5.74) is 1.35. The van der Waals surface area contributed by atoms with E-state index in [0.717, 1.165) is 19.5 Å². The summed E-state index contributed by atoms with van der Waals surface area (Å²) in [7, 11) is 1.91. The highest BCUT2D eigenvalue weighted by molar-refractivity contribution is 6.33. The van der Waals surface area contributed by atoms with Crippen LogP contribution in [0.2, 0.25) is 5.02 Å². The molecule has 1 N–H and O–H groups in total. The summed E-state index contributed by atoms with van der Waals surface area (Å²) in [5.74, 6) is -0.356. The molecule has 2 rings (SSSR count). The number of halogens is 3. The van der Waals surface area contributed by atoms with Gasteiger partial charge in [0.05, 0.1) is 11.2 Å². The number of benzene rings is 1. The number of nitrogens with zero attached hydrogens (tertiary/aromatic N) is 3. The number of aryl methyl sites for hydroxylation is 1. The van der Waals surface area contributed by atoms with Crippen LogP contribution in [-0.2, 0) is 6.54 Å². The Morgan fingerprint density at radius 1 is 1.42 bits per heavy atom. The fourth-order valence-electron chi connectivity index (χ4n) is 1.65. The number of hydrogen-bond donors (Lipinski definition) is 1. The lowest BCUT2D eigenvalue weighted by atomic mass is 10.2. The maximum atomic E-state index is 12.9. The van der Waals surface area contributed by atoms with Crippen LogP contribution in [0.15, 0.2) is 24.4 Å². The fraction of sp³-hybridized carbons (Fsp3) is 0.333. The lowest BCUT2D eigenvalue weighted by Gasteiger charge is -2.00. The number of aromatic nitrogens is 3. The average molecular weight is 305 g/mol. The molecule has 0 amide bonds. The Labute approximate surface area is 122 Å². The maximum Gasteiger partial charge on any atom is 0.124 e. The van der Waals surface area contributed by atoms with Gasteiger partial charge >= 0.3 is 0 Å². The molecule has 2 aromatic rings. The van der Waals surface area contributed by atoms with Crippen molar-refractivity contribution in [3.05, 3.63) is 35.2 Å². The van der Waals surface area contributed by atoms with Gasteiger partial charge in [0.15, 0.2) is 0 Å². The Kier molecular flexibility index (Phi) is 6.21. The molecule has 0 aliphatic heterocycles. The molecular formula is C12H15Cl2FN4. The molecule has 4 nitrogen and oxygen atoms in total. The predicted octanol–water partition coefficient (Wildman–Crippen LogP) is 2.77. The highest BCUT2D eigenvalue weighted by Gasteiger charge is 2.08. The van der Waals surface area contributed by atoms with E-state index in [9.17, 15) is 4.39 Å². The van der Waals surface area contributed by atoms with Crippen LogP contribution in [0, 0.1) is 5.82 Å². The lowest BCUT2D eigenvalue weighted by molar-refractivity contribution is 0.545. The van der Waals surface area contributed by atoms with Crippen molar-refractivity contribution < 1.29 is 4.39 Å². The first-order chi connectivity index (χ1) is 8.70. The lowest BCUT2D eigenvalue weighted by Crippen LogP contribution is -2.11. The van der Waals surface area contributed by atoms with Crippen LogP contribution in [0.25, 0.3) is 11.3 Å². The van der Waals surface area contributed by atoms with E-state index in [0.29, 0.717) is 16.3 Å². The van der Waals surface area contributed by atoms with E-state index in [-0.39, 0.29) is 18.2 Å². The van der Waals surface area contributed by atoms with Gasteiger partial charge in [0.25, 0.3) is 0 Å². The first-order valence-electron chi connectivity index (χ1n) is 5.71. The van der Waals surface area contributed by atoms with Crippen LogP contribution < -0.4 is 5.32 Å². The summed E-state index contributed by atoms with van der Waals surface area (Å²) in [6, 6.07) is 4.25. The standard InChI is InChI=1S/C12H14ClFN4.ClH/c1-15-5-2-6-18-8-12(16-17-18)10-4-3-9(14)7-11(10)13;/h3-4,7-8,15H,2,5-6H2,1H3;1H. The van der Waals surface area contributed by atoms with Gasteiger partial charge in [-0.3, -0.25) is 4.68 Å². The first-order valence-corrected chi connectivity index (χ1v) is 6.08. The van der Waals surface area contributed by atoms with Gasteiger partial charge in [0.1, 0.15) is 11.5 Å². The van der Waals surface area contributed by atoms with E-state index in [1.54, 1.807) is 10.7 Å². The second kappa shape index (κ2) is 7.43. The molecule has 1 heterocycles. The second-order valence-electron chi connectivity index (χ2n) is 3.95. The Balaban J connectivity index is 0.00000180. The van der Waals surface area contributed by atoms with Crippen molar-refractivity contribution in [2.75, 3.05) is 13.6 Å². The molecule has 0 unspecified atom stereocenters. The molecule has 0 bridgehead atoms. The van der Waals surface area contributed by atoms with Crippen LogP contribution in [0.5, 0.6) is 0 Å². The number of nitrogens with one attached hydrogen (secondary N) is 1. The second-order valence-corrected chi connectivity index (χ2v) is 4.36. The summed E-state index contributed by atoms with van der Waals surface area (Å²) in [4.78, 5) is 0. The van der Waals surface area contributed by atoms with Gasteiger partial charge in [0, 0.05) is 12.1 Å². The van der Waals surface area contributed by atoms with Gasteiger partial charge in [-0.05, 0) is 38.2 Å². The molecule has 0 fully saturated rings. The zero-order valence-corrected chi connectivity index (χ0v) is 12.0. The zero-order chi connectivity index (χ0) is 13.0. The molecule has 104 valence electrons. The summed E-state index contributed by atoms with van der Waals surface area (Å²) in [6.07, 6.45) is 2.78. The van der Waals surface area contributed by atoms with Crippen molar-refractivity contribution >= 4 is 24.0 Å². The fourth-order valence-corrected chi connectivity index (χ4v) is 1.91. The first kappa shape index (κ1) is 15.9. The van der Waals surface area contributed by atoms with Gasteiger partial charge in [-0.1, -0.05) is 16.8 Å². The van der Waals surface area contributed by atoms with Gasteiger partial charge in [-0.15, -0.1) is 17.5 Å². The van der Waals surface area contributed by atoms with Crippen molar-refractivity contribution in [1.82, 2.24) is 20.3 Å². The highest BCUT2D eigenvalue weighted by atomic mass is 35.5. The molecule has 7 heteroatoms. The van der Waals surface area contributed by atoms with Crippen LogP contribution in [-0.4, -0.2) is 28.6 Å². The largest absolute Gasteiger partial charge is 0.320 e. The van der Waals surface area contributed by atoms with Gasteiger partial charge in [0.2, 0.25) is 0 Å². The van der Waals surface area contributed by atoms with E-state index < -0.39 is 0 Å². The van der Waals surface area contributed by atoms with E-state index in [2.05, 4.69) is 15.6 Å². The number of rotatable bonds is 5. The quantitative estimate of drug-likeness (QED) is 0.864. The van der Waals surface area contributed by atoms with Crippen molar-refractivity contribution in [2.45, 2.75) is 13.0 Å². The Morgan fingerprint density at radius 2 is 2.21 bits per heavy atom. The normalized spacial score (nSPS) is 10.3. The zero-order valence-electron chi connectivity index (χ0n) is 10.4. The molecule has 1 aromatic heterocycles. The smallest absolute Gasteiger partial charge is 0.124 e. The molecule has 19 heavy (non-hydrogen) atoms.